The van der Waals surface area contributed by atoms with E-state index in [4.69, 9.17) is 0 Å². The number of aliphatic hydroxyl groups is 1. The molecule has 4 heteroatoms. The van der Waals surface area contributed by atoms with Crippen molar-refractivity contribution in [1.29, 1.82) is 0 Å². The molecule has 0 aliphatic heterocycles. The summed E-state index contributed by atoms with van der Waals surface area (Å²) in [5, 5.41) is 12.0. The van der Waals surface area contributed by atoms with Crippen molar-refractivity contribution < 1.29 is 14.7 Å². The number of hydrogen-bond acceptors (Lipinski definition) is 3. The second-order valence-electron chi connectivity index (χ2n) is 5.09. The topological polar surface area (TPSA) is 66.4 Å². The normalized spacial score (nSPS) is 15.0. The lowest BCUT2D eigenvalue weighted by molar-refractivity contribution is -0.122. The van der Waals surface area contributed by atoms with E-state index in [0.29, 0.717) is 12.8 Å². The lowest BCUT2D eigenvalue weighted by Crippen LogP contribution is -2.25. The first-order chi connectivity index (χ1) is 10.1. The summed E-state index contributed by atoms with van der Waals surface area (Å²) in [5.41, 5.74) is 2.39. The van der Waals surface area contributed by atoms with Crippen LogP contribution in [0.15, 0.2) is 41.8 Å². The first-order valence-corrected chi connectivity index (χ1v) is 7.05. The predicted octanol–water partition coefficient (Wildman–Crippen LogP) is 3.04. The van der Waals surface area contributed by atoms with Gasteiger partial charge in [-0.1, -0.05) is 36.4 Å². The summed E-state index contributed by atoms with van der Waals surface area (Å²) in [4.78, 5) is 23.2. The fraction of sp³-hybridized carbons (Fsp3) is 0.294. The number of benzene rings is 1. The summed E-state index contributed by atoms with van der Waals surface area (Å²) in [6.07, 6.45) is 5.39. The number of rotatable bonds is 5. The zero-order chi connectivity index (χ0) is 15.2. The molecule has 0 heterocycles. The van der Waals surface area contributed by atoms with E-state index in [1.165, 1.54) is 5.56 Å². The highest BCUT2D eigenvalue weighted by Crippen LogP contribution is 2.18. The average Bonchev–Trinajstić information content (AvgIpc) is 2.77. The fourth-order valence-electron chi connectivity index (χ4n) is 2.19. The Morgan fingerprint density at radius 2 is 2.10 bits per heavy atom. The van der Waals surface area contributed by atoms with E-state index in [-0.39, 0.29) is 36.0 Å². The molecule has 0 atom stereocenters. The number of ketones is 1. The first kappa shape index (κ1) is 15.0. The van der Waals surface area contributed by atoms with Gasteiger partial charge in [0.15, 0.2) is 5.78 Å². The van der Waals surface area contributed by atoms with Gasteiger partial charge in [0.25, 0.3) is 0 Å². The van der Waals surface area contributed by atoms with Crippen molar-refractivity contribution in [3.05, 3.63) is 52.9 Å². The van der Waals surface area contributed by atoms with Crippen LogP contribution in [0.3, 0.4) is 0 Å². The van der Waals surface area contributed by atoms with Gasteiger partial charge in [-0.05, 0) is 24.5 Å². The molecule has 2 rings (SSSR count). The van der Waals surface area contributed by atoms with Gasteiger partial charge in [0.1, 0.15) is 11.5 Å². The van der Waals surface area contributed by atoms with Crippen molar-refractivity contribution in [2.45, 2.75) is 32.6 Å². The van der Waals surface area contributed by atoms with Gasteiger partial charge in [0.2, 0.25) is 5.91 Å². The molecule has 0 unspecified atom stereocenters. The fourth-order valence-corrected chi connectivity index (χ4v) is 2.19. The minimum atomic E-state index is -0.249. The molecule has 4 nitrogen and oxygen atoms in total. The third-order valence-electron chi connectivity index (χ3n) is 3.44. The Morgan fingerprint density at radius 1 is 1.33 bits per heavy atom. The number of hydrogen-bond donors (Lipinski definition) is 2. The van der Waals surface area contributed by atoms with Crippen molar-refractivity contribution >= 4 is 17.8 Å². The summed E-state index contributed by atoms with van der Waals surface area (Å²) in [6, 6.07) is 8.01. The molecule has 2 N–H and O–H groups in total. The molecule has 1 aromatic rings. The molecule has 0 saturated heterocycles. The van der Waals surface area contributed by atoms with Crippen LogP contribution >= 0.6 is 0 Å². The van der Waals surface area contributed by atoms with Crippen LogP contribution in [0.1, 0.15) is 36.8 Å². The molecule has 1 amide bonds. The summed E-state index contributed by atoms with van der Waals surface area (Å²) in [5.74, 6) is -0.457. The number of carbonyl (C=O) groups is 2. The van der Waals surface area contributed by atoms with Crippen LogP contribution in [0.25, 0.3) is 6.08 Å². The molecule has 1 aliphatic carbocycles. The molecule has 21 heavy (non-hydrogen) atoms. The van der Waals surface area contributed by atoms with Gasteiger partial charge in [-0.3, -0.25) is 9.59 Å². The van der Waals surface area contributed by atoms with Crippen LogP contribution in [-0.2, 0) is 9.59 Å². The zero-order valence-electron chi connectivity index (χ0n) is 12.1. The van der Waals surface area contributed by atoms with Crippen molar-refractivity contribution in [3.63, 3.8) is 0 Å². The highest BCUT2D eigenvalue weighted by atomic mass is 16.3. The van der Waals surface area contributed by atoms with E-state index in [1.54, 1.807) is 0 Å². The Labute approximate surface area is 124 Å². The monoisotopic (exact) mass is 285 g/mol. The van der Waals surface area contributed by atoms with E-state index < -0.39 is 0 Å². The predicted molar refractivity (Wildman–Crippen MR) is 81.5 cm³/mol. The largest absolute Gasteiger partial charge is 0.510 e. The minimum absolute atomic E-state index is 0.0104. The molecule has 0 radical (unpaired) electrons. The molecule has 110 valence electrons. The molecular formula is C17H19NO3. The number of allylic oxidation sites excluding steroid dienone is 3. The molecule has 0 bridgehead atoms. The Kier molecular flexibility index (Phi) is 4.93. The number of carbonyl (C=O) groups excluding carboxylic acids is 2. The molecule has 0 aromatic heterocycles. The van der Waals surface area contributed by atoms with Gasteiger partial charge < -0.3 is 10.4 Å². The van der Waals surface area contributed by atoms with Crippen LogP contribution in [0.4, 0.5) is 0 Å². The van der Waals surface area contributed by atoms with E-state index in [0.717, 1.165) is 5.56 Å². The number of aryl methyl sites for hydroxylation is 1. The molecule has 0 spiro atoms. The smallest absolute Gasteiger partial charge is 0.224 e. The van der Waals surface area contributed by atoms with Gasteiger partial charge in [0, 0.05) is 19.3 Å². The van der Waals surface area contributed by atoms with Crippen LogP contribution in [0, 0.1) is 6.92 Å². The maximum Gasteiger partial charge on any atom is 0.224 e. The second-order valence-corrected chi connectivity index (χ2v) is 5.09. The maximum absolute atomic E-state index is 11.7. The third-order valence-corrected chi connectivity index (χ3v) is 3.44. The summed E-state index contributed by atoms with van der Waals surface area (Å²) >= 11 is 0. The maximum atomic E-state index is 11.7. The molecule has 1 aromatic carbocycles. The SMILES string of the molecule is Cc1ccccc1C=CCCC(=O)NC1=C(O)CCC1=O. The van der Waals surface area contributed by atoms with E-state index in [9.17, 15) is 14.7 Å². The Hall–Kier alpha value is -2.36. The Bertz CT molecular complexity index is 614. The van der Waals surface area contributed by atoms with Crippen molar-refractivity contribution in [2.24, 2.45) is 0 Å². The zero-order valence-corrected chi connectivity index (χ0v) is 12.1. The lowest BCUT2D eigenvalue weighted by Gasteiger charge is -2.04. The lowest BCUT2D eigenvalue weighted by atomic mass is 10.1. The Balaban J connectivity index is 1.81. The van der Waals surface area contributed by atoms with Crippen LogP contribution in [0.5, 0.6) is 0 Å². The standard InChI is InChI=1S/C17H19NO3/c1-12-6-2-3-7-13(12)8-4-5-9-16(21)18-17-14(19)10-11-15(17)20/h2-4,6-8,19H,5,9-11H2,1H3,(H,18,21). The average molecular weight is 285 g/mol. The van der Waals surface area contributed by atoms with Crippen molar-refractivity contribution in [3.8, 4) is 0 Å². The van der Waals surface area contributed by atoms with Crippen LogP contribution in [-0.4, -0.2) is 16.8 Å². The van der Waals surface area contributed by atoms with Crippen LogP contribution in [0.2, 0.25) is 0 Å². The summed E-state index contributed by atoms with van der Waals surface area (Å²) in [7, 11) is 0. The van der Waals surface area contributed by atoms with Gasteiger partial charge in [-0.25, -0.2) is 0 Å². The number of Topliss-reactive ketones (excluding diaryl/α,β-unsaturated/α-hetero) is 1. The molecule has 0 fully saturated rings. The first-order valence-electron chi connectivity index (χ1n) is 7.05. The van der Waals surface area contributed by atoms with Gasteiger partial charge >= 0.3 is 0 Å². The molecule has 0 saturated carbocycles. The number of amides is 1. The highest BCUT2D eigenvalue weighted by Gasteiger charge is 2.23. The highest BCUT2D eigenvalue weighted by molar-refractivity contribution is 6.01. The summed E-state index contributed by atoms with van der Waals surface area (Å²) < 4.78 is 0. The van der Waals surface area contributed by atoms with Gasteiger partial charge in [-0.2, -0.15) is 0 Å². The van der Waals surface area contributed by atoms with Gasteiger partial charge in [-0.15, -0.1) is 0 Å². The van der Waals surface area contributed by atoms with Crippen molar-refractivity contribution in [1.82, 2.24) is 5.32 Å². The molecular weight excluding hydrogens is 266 g/mol. The Morgan fingerprint density at radius 3 is 2.76 bits per heavy atom. The third kappa shape index (κ3) is 4.05. The number of nitrogens with one attached hydrogen (secondary N) is 1. The van der Waals surface area contributed by atoms with E-state index >= 15 is 0 Å². The van der Waals surface area contributed by atoms with Crippen molar-refractivity contribution in [2.75, 3.05) is 0 Å². The minimum Gasteiger partial charge on any atom is -0.510 e. The van der Waals surface area contributed by atoms with Crippen LogP contribution < -0.4 is 5.32 Å². The van der Waals surface area contributed by atoms with E-state index in [1.807, 2.05) is 43.3 Å². The number of aliphatic hydroxyl groups excluding tert-OH is 1. The van der Waals surface area contributed by atoms with E-state index in [2.05, 4.69) is 5.32 Å². The van der Waals surface area contributed by atoms with Gasteiger partial charge in [0.05, 0.1) is 0 Å². The second kappa shape index (κ2) is 6.88. The quantitative estimate of drug-likeness (QED) is 0.874. The summed E-state index contributed by atoms with van der Waals surface area (Å²) in [6.45, 7) is 2.04. The molecule has 1 aliphatic rings.